The Morgan fingerprint density at radius 2 is 1.62 bits per heavy atom. The van der Waals surface area contributed by atoms with E-state index in [1.54, 1.807) is 24.3 Å². The van der Waals surface area contributed by atoms with Crippen LogP contribution in [0.3, 0.4) is 0 Å². The smallest absolute Gasteiger partial charge is 0.339 e. The summed E-state index contributed by atoms with van der Waals surface area (Å²) in [6, 6.07) is 15.1. The van der Waals surface area contributed by atoms with Gasteiger partial charge in [0.25, 0.3) is 11.1 Å². The lowest BCUT2D eigenvalue weighted by atomic mass is 10.1. The third-order valence-corrected chi connectivity index (χ3v) is 8.13. The maximum Gasteiger partial charge on any atom is 0.339 e. The maximum absolute atomic E-state index is 12.9. The molecule has 1 aliphatic rings. The van der Waals surface area contributed by atoms with Crippen LogP contribution in [0.4, 0.5) is 4.79 Å². The van der Waals surface area contributed by atoms with E-state index in [1.165, 1.54) is 56.7 Å². The number of imide groups is 1. The molecule has 0 unspecified atom stereocenters. The van der Waals surface area contributed by atoms with Gasteiger partial charge in [0, 0.05) is 0 Å². The first kappa shape index (κ1) is 26.9. The van der Waals surface area contributed by atoms with Crippen LogP contribution in [0.5, 0.6) is 17.2 Å². The number of methoxy groups -OCH3 is 2. The molecule has 1 fully saturated rings. The summed E-state index contributed by atoms with van der Waals surface area (Å²) in [6.07, 6.45) is 1.52. The summed E-state index contributed by atoms with van der Waals surface area (Å²) in [7, 11) is -1.31. The van der Waals surface area contributed by atoms with E-state index >= 15 is 0 Å². The topological polar surface area (TPSA) is 99.2 Å². The number of amides is 2. The highest BCUT2D eigenvalue weighted by atomic mass is 35.5. The van der Waals surface area contributed by atoms with Crippen molar-refractivity contribution in [2.45, 2.75) is 11.4 Å². The molecular weight excluding hydrogens is 561 g/mol. The Labute approximate surface area is 227 Å². The molecule has 1 heterocycles. The standard InChI is InChI=1S/C25H19Cl2NO7S2/c1-33-17-5-7-18(8-6-17)37(31,32)35-21-10-4-15(12-22(21)34-2)13-23-24(29)28(25(30)36-23)14-16-3-9-19(26)20(27)11-16/h3-13H,14H2,1-2H3/b23-13-. The summed E-state index contributed by atoms with van der Waals surface area (Å²) < 4.78 is 41.0. The van der Waals surface area contributed by atoms with Crippen molar-refractivity contribution >= 4 is 62.3 Å². The Morgan fingerprint density at radius 3 is 2.27 bits per heavy atom. The second-order valence-corrected chi connectivity index (χ2v) is 11.0. The Kier molecular flexibility index (Phi) is 8.03. The van der Waals surface area contributed by atoms with Crippen molar-refractivity contribution in [2.24, 2.45) is 0 Å². The molecule has 12 heteroatoms. The molecular formula is C25H19Cl2NO7S2. The van der Waals surface area contributed by atoms with Crippen LogP contribution < -0.4 is 13.7 Å². The van der Waals surface area contributed by atoms with Crippen LogP contribution in [-0.2, 0) is 21.5 Å². The lowest BCUT2D eigenvalue weighted by molar-refractivity contribution is -0.123. The van der Waals surface area contributed by atoms with Gasteiger partial charge in [0.2, 0.25) is 0 Å². The second kappa shape index (κ2) is 11.1. The molecule has 0 radical (unpaired) electrons. The van der Waals surface area contributed by atoms with E-state index in [0.29, 0.717) is 26.9 Å². The molecule has 0 saturated carbocycles. The number of carbonyl (C=O) groups excluding carboxylic acids is 2. The lowest BCUT2D eigenvalue weighted by Crippen LogP contribution is -2.27. The van der Waals surface area contributed by atoms with Crippen molar-refractivity contribution in [1.29, 1.82) is 0 Å². The van der Waals surface area contributed by atoms with Gasteiger partial charge < -0.3 is 13.7 Å². The van der Waals surface area contributed by atoms with E-state index in [9.17, 15) is 18.0 Å². The summed E-state index contributed by atoms with van der Waals surface area (Å²) in [5.41, 5.74) is 1.16. The van der Waals surface area contributed by atoms with Crippen LogP contribution >= 0.6 is 35.0 Å². The normalized spacial score (nSPS) is 14.8. The molecule has 0 aromatic heterocycles. The van der Waals surface area contributed by atoms with E-state index in [0.717, 1.165) is 16.7 Å². The van der Waals surface area contributed by atoms with E-state index in [-0.39, 0.29) is 27.8 Å². The molecule has 1 aliphatic heterocycles. The molecule has 37 heavy (non-hydrogen) atoms. The Balaban J connectivity index is 1.53. The molecule has 0 spiro atoms. The fourth-order valence-corrected chi connectivity index (χ4v) is 5.46. The first-order valence-corrected chi connectivity index (χ1v) is 13.5. The number of rotatable bonds is 8. The highest BCUT2D eigenvalue weighted by Gasteiger charge is 2.35. The predicted molar refractivity (Wildman–Crippen MR) is 142 cm³/mol. The summed E-state index contributed by atoms with van der Waals surface area (Å²) >= 11 is 12.8. The van der Waals surface area contributed by atoms with Gasteiger partial charge in [-0.05, 0) is 77.5 Å². The van der Waals surface area contributed by atoms with Crippen LogP contribution in [0.15, 0.2) is 70.5 Å². The van der Waals surface area contributed by atoms with Crippen LogP contribution in [0.1, 0.15) is 11.1 Å². The number of ether oxygens (including phenoxy) is 2. The van der Waals surface area contributed by atoms with Gasteiger partial charge in [-0.3, -0.25) is 14.5 Å². The van der Waals surface area contributed by atoms with Crippen molar-refractivity contribution in [3.63, 3.8) is 0 Å². The SMILES string of the molecule is COc1ccc(S(=O)(=O)Oc2ccc(/C=C3\SC(=O)N(Cc4ccc(Cl)c(Cl)c4)C3=O)cc2OC)cc1. The zero-order valence-corrected chi connectivity index (χ0v) is 22.6. The fraction of sp³-hybridized carbons (Fsp3) is 0.120. The van der Waals surface area contributed by atoms with Gasteiger partial charge in [0.15, 0.2) is 11.5 Å². The summed E-state index contributed by atoms with van der Waals surface area (Å²) in [4.78, 5) is 26.6. The van der Waals surface area contributed by atoms with Crippen molar-refractivity contribution in [2.75, 3.05) is 14.2 Å². The summed E-state index contributed by atoms with van der Waals surface area (Å²) in [5.74, 6) is 0.119. The van der Waals surface area contributed by atoms with Gasteiger partial charge in [-0.1, -0.05) is 35.3 Å². The van der Waals surface area contributed by atoms with Crippen molar-refractivity contribution < 1.29 is 31.7 Å². The molecule has 3 aromatic carbocycles. The van der Waals surface area contributed by atoms with Gasteiger partial charge in [-0.2, -0.15) is 8.42 Å². The number of hydrogen-bond donors (Lipinski definition) is 0. The van der Waals surface area contributed by atoms with E-state index < -0.39 is 21.3 Å². The van der Waals surface area contributed by atoms with Crippen LogP contribution in [0.2, 0.25) is 10.0 Å². The molecule has 4 rings (SSSR count). The van der Waals surface area contributed by atoms with Crippen LogP contribution in [-0.4, -0.2) is 38.7 Å². The minimum absolute atomic E-state index is 0.0387. The molecule has 3 aromatic rings. The van der Waals surface area contributed by atoms with Gasteiger partial charge in [0.1, 0.15) is 10.6 Å². The van der Waals surface area contributed by atoms with Gasteiger partial charge >= 0.3 is 10.1 Å². The van der Waals surface area contributed by atoms with Crippen molar-refractivity contribution in [3.8, 4) is 17.2 Å². The fourth-order valence-electron chi connectivity index (χ4n) is 3.36. The molecule has 0 aliphatic carbocycles. The monoisotopic (exact) mass is 579 g/mol. The summed E-state index contributed by atoms with van der Waals surface area (Å²) in [6.45, 7) is 0.0399. The van der Waals surface area contributed by atoms with Crippen molar-refractivity contribution in [1.82, 2.24) is 4.90 Å². The average Bonchev–Trinajstić information content (AvgIpc) is 3.14. The summed E-state index contributed by atoms with van der Waals surface area (Å²) in [5, 5.41) is 0.266. The van der Waals surface area contributed by atoms with Gasteiger partial charge in [0.05, 0.1) is 35.7 Å². The van der Waals surface area contributed by atoms with E-state index in [1.807, 2.05) is 0 Å². The molecule has 0 atom stereocenters. The predicted octanol–water partition coefficient (Wildman–Crippen LogP) is 6.01. The molecule has 0 bridgehead atoms. The molecule has 2 amide bonds. The minimum atomic E-state index is -4.14. The third kappa shape index (κ3) is 6.04. The highest BCUT2D eigenvalue weighted by molar-refractivity contribution is 8.18. The quantitative estimate of drug-likeness (QED) is 0.236. The van der Waals surface area contributed by atoms with E-state index in [2.05, 4.69) is 0 Å². The zero-order chi connectivity index (χ0) is 26.7. The number of carbonyl (C=O) groups is 2. The largest absolute Gasteiger partial charge is 0.497 e. The minimum Gasteiger partial charge on any atom is -0.497 e. The maximum atomic E-state index is 12.9. The number of thioether (sulfide) groups is 1. The average molecular weight is 580 g/mol. The number of halogens is 2. The first-order valence-electron chi connectivity index (χ1n) is 10.6. The molecule has 0 N–H and O–H groups in total. The van der Waals surface area contributed by atoms with Gasteiger partial charge in [-0.15, -0.1) is 0 Å². The Hall–Kier alpha value is -3.18. The zero-order valence-electron chi connectivity index (χ0n) is 19.4. The molecule has 1 saturated heterocycles. The highest BCUT2D eigenvalue weighted by Crippen LogP contribution is 2.36. The van der Waals surface area contributed by atoms with Crippen LogP contribution in [0, 0.1) is 0 Å². The molecule has 8 nitrogen and oxygen atoms in total. The number of nitrogens with zero attached hydrogens (tertiary/aromatic N) is 1. The second-order valence-electron chi connectivity index (χ2n) is 7.64. The van der Waals surface area contributed by atoms with Crippen molar-refractivity contribution in [3.05, 3.63) is 86.7 Å². The molecule has 192 valence electrons. The number of benzene rings is 3. The Bertz CT molecular complexity index is 1510. The third-order valence-electron chi connectivity index (χ3n) is 5.23. The first-order chi connectivity index (χ1) is 17.6. The number of hydrogen-bond acceptors (Lipinski definition) is 8. The lowest BCUT2D eigenvalue weighted by Gasteiger charge is -2.13. The Morgan fingerprint density at radius 1 is 0.892 bits per heavy atom. The van der Waals surface area contributed by atoms with E-state index in [4.69, 9.17) is 36.9 Å². The van der Waals surface area contributed by atoms with Gasteiger partial charge in [-0.25, -0.2) is 0 Å². The van der Waals surface area contributed by atoms with Crippen LogP contribution in [0.25, 0.3) is 6.08 Å².